The van der Waals surface area contributed by atoms with Crippen molar-refractivity contribution in [2.75, 3.05) is 0 Å². The van der Waals surface area contributed by atoms with Gasteiger partial charge in [-0.1, -0.05) is 182 Å². The standard InChI is InChI=1S/C45H36O3/c46-43(34-19-7-1-8-20-34,35-21-9-2-10-22-35)40-31-41(44(47,36-23-11-3-12-24-36)37-25-13-4-14-26-37)33-42(32-40)45(48,38-27-15-5-16-28-38)39-29-17-6-18-30-39/h1-33,46-48H. The monoisotopic (exact) mass is 624 g/mol. The highest BCUT2D eigenvalue weighted by Gasteiger charge is 2.42. The second-order valence-corrected chi connectivity index (χ2v) is 12.1. The van der Waals surface area contributed by atoms with E-state index in [1.54, 1.807) is 0 Å². The fourth-order valence-corrected chi connectivity index (χ4v) is 6.83. The van der Waals surface area contributed by atoms with Gasteiger partial charge in [-0.15, -0.1) is 0 Å². The molecule has 0 aliphatic carbocycles. The summed E-state index contributed by atoms with van der Waals surface area (Å²) in [6.45, 7) is 0. The van der Waals surface area contributed by atoms with Gasteiger partial charge in [-0.25, -0.2) is 0 Å². The summed E-state index contributed by atoms with van der Waals surface area (Å²) in [5.74, 6) is 0. The van der Waals surface area contributed by atoms with Crippen LogP contribution in [-0.4, -0.2) is 15.3 Å². The molecule has 3 heteroatoms. The lowest BCUT2D eigenvalue weighted by Crippen LogP contribution is -2.35. The van der Waals surface area contributed by atoms with Crippen molar-refractivity contribution in [3.63, 3.8) is 0 Å². The van der Waals surface area contributed by atoms with Crippen molar-refractivity contribution in [1.29, 1.82) is 0 Å². The first-order valence-corrected chi connectivity index (χ1v) is 16.1. The zero-order valence-electron chi connectivity index (χ0n) is 26.4. The molecule has 0 fully saturated rings. The van der Waals surface area contributed by atoms with E-state index in [-0.39, 0.29) is 0 Å². The smallest absolute Gasteiger partial charge is 0.140 e. The van der Waals surface area contributed by atoms with Crippen LogP contribution in [0.5, 0.6) is 0 Å². The molecule has 0 radical (unpaired) electrons. The molecule has 7 aromatic rings. The molecule has 3 nitrogen and oxygen atoms in total. The van der Waals surface area contributed by atoms with Crippen LogP contribution in [0.1, 0.15) is 50.1 Å². The zero-order valence-corrected chi connectivity index (χ0v) is 26.4. The maximum Gasteiger partial charge on any atom is 0.140 e. The highest BCUT2D eigenvalue weighted by molar-refractivity contribution is 5.58. The largest absolute Gasteiger partial charge is 0.376 e. The van der Waals surface area contributed by atoms with Gasteiger partial charge in [0.1, 0.15) is 16.8 Å². The van der Waals surface area contributed by atoms with Crippen LogP contribution >= 0.6 is 0 Å². The van der Waals surface area contributed by atoms with Crippen LogP contribution in [0.4, 0.5) is 0 Å². The number of benzene rings is 7. The molecule has 0 bridgehead atoms. The molecule has 0 spiro atoms. The van der Waals surface area contributed by atoms with E-state index in [1.807, 2.05) is 200 Å². The summed E-state index contributed by atoms with van der Waals surface area (Å²) >= 11 is 0. The first kappa shape index (κ1) is 31.0. The second-order valence-electron chi connectivity index (χ2n) is 12.1. The molecular weight excluding hydrogens is 588 g/mol. The molecule has 0 saturated heterocycles. The number of aliphatic hydroxyl groups is 3. The molecular formula is C45H36O3. The van der Waals surface area contributed by atoms with E-state index >= 15 is 0 Å². The summed E-state index contributed by atoms with van der Waals surface area (Å²) in [6, 6.07) is 62.9. The Morgan fingerprint density at radius 2 is 0.354 bits per heavy atom. The summed E-state index contributed by atoms with van der Waals surface area (Å²) in [6.07, 6.45) is 0. The summed E-state index contributed by atoms with van der Waals surface area (Å²) in [5, 5.41) is 39.4. The van der Waals surface area contributed by atoms with E-state index < -0.39 is 16.8 Å². The van der Waals surface area contributed by atoms with Crippen molar-refractivity contribution in [2.24, 2.45) is 0 Å². The topological polar surface area (TPSA) is 60.7 Å². The zero-order chi connectivity index (χ0) is 33.0. The first-order valence-electron chi connectivity index (χ1n) is 16.1. The van der Waals surface area contributed by atoms with E-state index in [0.29, 0.717) is 50.1 Å². The van der Waals surface area contributed by atoms with Gasteiger partial charge in [0.15, 0.2) is 0 Å². The summed E-state index contributed by atoms with van der Waals surface area (Å²) in [5.41, 5.74) is 0.525. The predicted molar refractivity (Wildman–Crippen MR) is 191 cm³/mol. The number of hydrogen-bond acceptors (Lipinski definition) is 3. The number of hydrogen-bond donors (Lipinski definition) is 3. The lowest BCUT2D eigenvalue weighted by Gasteiger charge is -2.37. The van der Waals surface area contributed by atoms with Crippen LogP contribution in [0.15, 0.2) is 200 Å². The van der Waals surface area contributed by atoms with Crippen molar-refractivity contribution in [1.82, 2.24) is 0 Å². The lowest BCUT2D eigenvalue weighted by atomic mass is 9.72. The van der Waals surface area contributed by atoms with Gasteiger partial charge >= 0.3 is 0 Å². The highest BCUT2D eigenvalue weighted by atomic mass is 16.3. The molecule has 0 aromatic heterocycles. The Hall–Kier alpha value is -5.58. The minimum Gasteiger partial charge on any atom is -0.376 e. The molecule has 48 heavy (non-hydrogen) atoms. The van der Waals surface area contributed by atoms with Gasteiger partial charge in [0, 0.05) is 0 Å². The Kier molecular flexibility index (Phi) is 8.34. The van der Waals surface area contributed by atoms with Gasteiger partial charge in [0.2, 0.25) is 0 Å². The average Bonchev–Trinajstić information content (AvgIpc) is 3.18. The second kappa shape index (κ2) is 12.9. The summed E-state index contributed by atoms with van der Waals surface area (Å²) in [4.78, 5) is 0. The predicted octanol–water partition coefficient (Wildman–Crippen LogP) is 8.54. The Bertz CT molecular complexity index is 1700. The van der Waals surface area contributed by atoms with Gasteiger partial charge in [-0.2, -0.15) is 0 Å². The van der Waals surface area contributed by atoms with Crippen molar-refractivity contribution in [3.8, 4) is 0 Å². The van der Waals surface area contributed by atoms with Gasteiger partial charge in [-0.05, 0) is 68.3 Å². The number of rotatable bonds is 9. The molecule has 0 amide bonds. The maximum absolute atomic E-state index is 13.1. The average molecular weight is 625 g/mol. The van der Waals surface area contributed by atoms with Crippen LogP contribution in [0.3, 0.4) is 0 Å². The quantitative estimate of drug-likeness (QED) is 0.141. The van der Waals surface area contributed by atoms with Gasteiger partial charge in [-0.3, -0.25) is 0 Å². The molecule has 0 aliphatic rings. The van der Waals surface area contributed by atoms with Crippen LogP contribution in [-0.2, 0) is 16.8 Å². The fourth-order valence-electron chi connectivity index (χ4n) is 6.83. The minimum absolute atomic E-state index is 0.503. The van der Waals surface area contributed by atoms with Crippen molar-refractivity contribution in [2.45, 2.75) is 16.8 Å². The lowest BCUT2D eigenvalue weighted by molar-refractivity contribution is 0.111. The van der Waals surface area contributed by atoms with Crippen molar-refractivity contribution < 1.29 is 15.3 Å². The van der Waals surface area contributed by atoms with Gasteiger partial charge < -0.3 is 15.3 Å². The minimum atomic E-state index is -1.64. The molecule has 7 rings (SSSR count). The van der Waals surface area contributed by atoms with Crippen LogP contribution in [0.25, 0.3) is 0 Å². The maximum atomic E-state index is 13.1. The molecule has 0 unspecified atom stereocenters. The Morgan fingerprint density at radius 3 is 0.500 bits per heavy atom. The van der Waals surface area contributed by atoms with Crippen LogP contribution in [0.2, 0.25) is 0 Å². The Morgan fingerprint density at radius 1 is 0.208 bits per heavy atom. The third kappa shape index (κ3) is 5.34. The van der Waals surface area contributed by atoms with Crippen LogP contribution in [0, 0.1) is 0 Å². The third-order valence-electron chi connectivity index (χ3n) is 9.34. The molecule has 0 aliphatic heterocycles. The first-order chi connectivity index (χ1) is 23.4. The Labute approximate surface area is 281 Å². The van der Waals surface area contributed by atoms with Crippen molar-refractivity contribution >= 4 is 0 Å². The van der Waals surface area contributed by atoms with Crippen LogP contribution < -0.4 is 0 Å². The highest BCUT2D eigenvalue weighted by Crippen LogP contribution is 2.46. The Balaban J connectivity index is 1.62. The molecule has 0 heterocycles. The van der Waals surface area contributed by atoms with Gasteiger partial charge in [0.05, 0.1) is 0 Å². The van der Waals surface area contributed by atoms with Crippen molar-refractivity contribution in [3.05, 3.63) is 250 Å². The molecule has 234 valence electrons. The molecule has 7 aromatic carbocycles. The van der Waals surface area contributed by atoms with E-state index in [0.717, 1.165) is 0 Å². The van der Waals surface area contributed by atoms with E-state index in [9.17, 15) is 15.3 Å². The van der Waals surface area contributed by atoms with E-state index in [1.165, 1.54) is 0 Å². The summed E-state index contributed by atoms with van der Waals surface area (Å²) in [7, 11) is 0. The normalized spacial score (nSPS) is 12.1. The molecule has 0 saturated carbocycles. The fraction of sp³-hybridized carbons (Fsp3) is 0.0667. The van der Waals surface area contributed by atoms with Gasteiger partial charge in [0.25, 0.3) is 0 Å². The molecule has 0 atom stereocenters. The van der Waals surface area contributed by atoms with E-state index in [2.05, 4.69) is 0 Å². The SMILES string of the molecule is OC(c1ccccc1)(c1ccccc1)c1cc(C(O)(c2ccccc2)c2ccccc2)cc(C(O)(c2ccccc2)c2ccccc2)c1. The molecule has 3 N–H and O–H groups in total. The summed E-state index contributed by atoms with van der Waals surface area (Å²) < 4.78 is 0. The van der Waals surface area contributed by atoms with E-state index in [4.69, 9.17) is 0 Å². The third-order valence-corrected chi connectivity index (χ3v) is 9.34.